The average molecular weight is 360 g/mol. The van der Waals surface area contributed by atoms with Crippen molar-refractivity contribution >= 4 is 10.0 Å². The molecule has 2 heterocycles. The van der Waals surface area contributed by atoms with Crippen LogP contribution < -0.4 is 4.72 Å². The average Bonchev–Trinajstić information content (AvgIpc) is 3.02. The van der Waals surface area contributed by atoms with Gasteiger partial charge in [0.05, 0.1) is 17.6 Å². The molecule has 0 aliphatic heterocycles. The van der Waals surface area contributed by atoms with Gasteiger partial charge >= 0.3 is 0 Å². The number of hydrogen-bond acceptors (Lipinski definition) is 4. The summed E-state index contributed by atoms with van der Waals surface area (Å²) in [5.41, 5.74) is 2.30. The van der Waals surface area contributed by atoms with Crippen molar-refractivity contribution in [3.63, 3.8) is 0 Å². The molecule has 6 nitrogen and oxygen atoms in total. The number of nitrogens with zero attached hydrogens (tertiary/aromatic N) is 3. The minimum atomic E-state index is -3.69. The van der Waals surface area contributed by atoms with Crippen LogP contribution in [0.5, 0.6) is 0 Å². The maximum atomic E-state index is 13.7. The highest BCUT2D eigenvalue weighted by atomic mass is 32.2. The molecule has 0 saturated carbocycles. The molecule has 0 aliphatic carbocycles. The zero-order valence-corrected chi connectivity index (χ0v) is 14.4. The lowest BCUT2D eigenvalue weighted by Gasteiger charge is -2.10. The van der Waals surface area contributed by atoms with E-state index in [-0.39, 0.29) is 12.1 Å². The Labute approximate surface area is 145 Å². The number of hydrogen-bond donors (Lipinski definition) is 1. The summed E-state index contributed by atoms with van der Waals surface area (Å²) in [5.74, 6) is -0.951. The van der Waals surface area contributed by atoms with Crippen molar-refractivity contribution in [1.82, 2.24) is 19.5 Å². The molecule has 3 rings (SSSR count). The third kappa shape index (κ3) is 4.28. The molecule has 0 amide bonds. The fourth-order valence-corrected chi connectivity index (χ4v) is 3.56. The maximum absolute atomic E-state index is 13.7. The second-order valence-electron chi connectivity index (χ2n) is 5.59. The van der Waals surface area contributed by atoms with Crippen molar-refractivity contribution in [2.45, 2.75) is 12.3 Å². The normalized spacial score (nSPS) is 11.6. The van der Waals surface area contributed by atoms with Gasteiger partial charge < -0.3 is 0 Å². The molecule has 8 heteroatoms. The van der Waals surface area contributed by atoms with Crippen LogP contribution >= 0.6 is 0 Å². The van der Waals surface area contributed by atoms with Gasteiger partial charge in [0.1, 0.15) is 5.82 Å². The van der Waals surface area contributed by atoms with Gasteiger partial charge in [0.15, 0.2) is 0 Å². The predicted octanol–water partition coefficient (Wildman–Crippen LogP) is 2.24. The Kier molecular flexibility index (Phi) is 4.91. The zero-order valence-electron chi connectivity index (χ0n) is 13.6. The summed E-state index contributed by atoms with van der Waals surface area (Å²) in [4.78, 5) is 4.31. The molecule has 0 saturated heterocycles. The SMILES string of the molecule is Cn1cc(-c2ncccc2CNS(=O)(=O)Cc2ccccc2F)cn1. The van der Waals surface area contributed by atoms with E-state index in [0.29, 0.717) is 11.3 Å². The highest BCUT2D eigenvalue weighted by Gasteiger charge is 2.16. The fraction of sp³-hybridized carbons (Fsp3) is 0.176. The van der Waals surface area contributed by atoms with E-state index in [9.17, 15) is 12.8 Å². The number of nitrogens with one attached hydrogen (secondary N) is 1. The van der Waals surface area contributed by atoms with E-state index in [1.165, 1.54) is 18.2 Å². The number of sulfonamides is 1. The third-order valence-corrected chi connectivity index (χ3v) is 4.93. The Morgan fingerprint density at radius 2 is 1.92 bits per heavy atom. The zero-order chi connectivity index (χ0) is 17.9. The van der Waals surface area contributed by atoms with Crippen LogP contribution in [0.15, 0.2) is 55.0 Å². The molecule has 1 aromatic carbocycles. The molecule has 2 aromatic heterocycles. The summed E-state index contributed by atoms with van der Waals surface area (Å²) in [6, 6.07) is 9.36. The van der Waals surface area contributed by atoms with E-state index < -0.39 is 21.6 Å². The van der Waals surface area contributed by atoms with Crippen LogP contribution in [-0.4, -0.2) is 23.2 Å². The molecule has 0 atom stereocenters. The standard InChI is InChI=1S/C17H17FN4O2S/c1-22-11-15(9-20-22)17-13(6-4-8-19-17)10-21-25(23,24)12-14-5-2-3-7-16(14)18/h2-9,11,21H,10,12H2,1H3. The molecule has 0 aliphatic rings. The topological polar surface area (TPSA) is 76.9 Å². The molecule has 3 aromatic rings. The first-order valence-corrected chi connectivity index (χ1v) is 9.23. The summed E-state index contributed by atoms with van der Waals surface area (Å²) < 4.78 is 42.3. The molecular formula is C17H17FN4O2S. The van der Waals surface area contributed by atoms with Crippen LogP contribution in [0.25, 0.3) is 11.3 Å². The molecule has 25 heavy (non-hydrogen) atoms. The van der Waals surface area contributed by atoms with Crippen molar-refractivity contribution in [1.29, 1.82) is 0 Å². The van der Waals surface area contributed by atoms with E-state index in [2.05, 4.69) is 14.8 Å². The van der Waals surface area contributed by atoms with Gasteiger partial charge in [-0.05, 0) is 17.7 Å². The summed E-state index contributed by atoms with van der Waals surface area (Å²) >= 11 is 0. The first-order chi connectivity index (χ1) is 11.9. The molecule has 0 unspecified atom stereocenters. The highest BCUT2D eigenvalue weighted by molar-refractivity contribution is 7.88. The van der Waals surface area contributed by atoms with Gasteiger partial charge in [-0.3, -0.25) is 9.67 Å². The van der Waals surface area contributed by atoms with Gasteiger partial charge in [-0.2, -0.15) is 5.10 Å². The maximum Gasteiger partial charge on any atom is 0.216 e. The van der Waals surface area contributed by atoms with Crippen LogP contribution in [0.2, 0.25) is 0 Å². The van der Waals surface area contributed by atoms with Crippen molar-refractivity contribution < 1.29 is 12.8 Å². The number of pyridine rings is 1. The Bertz CT molecular complexity index is 986. The number of benzene rings is 1. The third-order valence-electron chi connectivity index (χ3n) is 3.66. The summed E-state index contributed by atoms with van der Waals surface area (Å²) in [7, 11) is -1.89. The highest BCUT2D eigenvalue weighted by Crippen LogP contribution is 2.20. The summed E-state index contributed by atoms with van der Waals surface area (Å²) in [6.45, 7) is 0.0643. The van der Waals surface area contributed by atoms with Crippen molar-refractivity contribution in [2.75, 3.05) is 0 Å². The predicted molar refractivity (Wildman–Crippen MR) is 92.3 cm³/mol. The monoisotopic (exact) mass is 360 g/mol. The van der Waals surface area contributed by atoms with Crippen LogP contribution in [-0.2, 0) is 29.4 Å². The van der Waals surface area contributed by atoms with Crippen LogP contribution in [0, 0.1) is 5.82 Å². The largest absolute Gasteiger partial charge is 0.275 e. The van der Waals surface area contributed by atoms with Crippen LogP contribution in [0.3, 0.4) is 0 Å². The van der Waals surface area contributed by atoms with Gasteiger partial charge in [-0.1, -0.05) is 24.3 Å². The van der Waals surface area contributed by atoms with Gasteiger partial charge in [-0.25, -0.2) is 17.5 Å². The minimum Gasteiger partial charge on any atom is -0.275 e. The van der Waals surface area contributed by atoms with Crippen molar-refractivity contribution in [3.8, 4) is 11.3 Å². The Morgan fingerprint density at radius 1 is 1.16 bits per heavy atom. The van der Waals surface area contributed by atoms with Gasteiger partial charge in [0.25, 0.3) is 0 Å². The van der Waals surface area contributed by atoms with E-state index in [0.717, 1.165) is 5.56 Å². The number of aromatic nitrogens is 3. The van der Waals surface area contributed by atoms with E-state index in [4.69, 9.17) is 0 Å². The van der Waals surface area contributed by atoms with Crippen molar-refractivity contribution in [3.05, 3.63) is 71.9 Å². The van der Waals surface area contributed by atoms with Crippen molar-refractivity contribution in [2.24, 2.45) is 7.05 Å². The Morgan fingerprint density at radius 3 is 2.64 bits per heavy atom. The second-order valence-corrected chi connectivity index (χ2v) is 7.39. The lowest BCUT2D eigenvalue weighted by atomic mass is 10.1. The van der Waals surface area contributed by atoms with Gasteiger partial charge in [-0.15, -0.1) is 0 Å². The number of halogens is 1. The first kappa shape index (κ1) is 17.2. The van der Waals surface area contributed by atoms with Gasteiger partial charge in [0, 0.05) is 37.1 Å². The summed E-state index contributed by atoms with van der Waals surface area (Å²) in [6.07, 6.45) is 5.11. The molecular weight excluding hydrogens is 343 g/mol. The lowest BCUT2D eigenvalue weighted by molar-refractivity contribution is 0.574. The lowest BCUT2D eigenvalue weighted by Crippen LogP contribution is -2.25. The van der Waals surface area contributed by atoms with Crippen LogP contribution in [0.4, 0.5) is 4.39 Å². The van der Waals surface area contributed by atoms with Crippen LogP contribution in [0.1, 0.15) is 11.1 Å². The van der Waals surface area contributed by atoms with E-state index in [1.807, 2.05) is 0 Å². The number of rotatable bonds is 6. The summed E-state index contributed by atoms with van der Waals surface area (Å²) in [5, 5.41) is 4.10. The molecule has 0 spiro atoms. The Hall–Kier alpha value is -2.58. The quantitative estimate of drug-likeness (QED) is 0.731. The molecule has 0 bridgehead atoms. The number of aryl methyl sites for hydroxylation is 1. The van der Waals surface area contributed by atoms with E-state index >= 15 is 0 Å². The Balaban J connectivity index is 1.76. The smallest absolute Gasteiger partial charge is 0.216 e. The molecule has 130 valence electrons. The van der Waals surface area contributed by atoms with Gasteiger partial charge in [0.2, 0.25) is 10.0 Å². The second kappa shape index (κ2) is 7.12. The molecule has 1 N–H and O–H groups in total. The van der Waals surface area contributed by atoms with E-state index in [1.54, 1.807) is 48.5 Å². The minimum absolute atomic E-state index is 0.0643. The first-order valence-electron chi connectivity index (χ1n) is 7.58. The fourth-order valence-electron chi connectivity index (χ4n) is 2.44. The molecule has 0 fully saturated rings. The molecule has 0 radical (unpaired) electrons.